The molecule has 150 valence electrons. The highest BCUT2D eigenvalue weighted by atomic mass is 35.5. The molecule has 0 aromatic heterocycles. The fraction of sp³-hybridized carbons (Fsp3) is 0.955. The van der Waals surface area contributed by atoms with Crippen LogP contribution < -0.4 is 5.32 Å². The molecule has 0 aromatic carbocycles. The first kappa shape index (κ1) is 24.8. The first-order chi connectivity index (χ1) is 12.3. The Balaban J connectivity index is 3.11. The lowest BCUT2D eigenvalue weighted by molar-refractivity contribution is -0.121. The van der Waals surface area contributed by atoms with Crippen molar-refractivity contribution in [2.24, 2.45) is 0 Å². The molecular weight excluding hydrogens is 330 g/mol. The van der Waals surface area contributed by atoms with E-state index in [1.165, 1.54) is 89.9 Å². The zero-order valence-corrected chi connectivity index (χ0v) is 17.7. The molecule has 2 nitrogen and oxygen atoms in total. The summed E-state index contributed by atoms with van der Waals surface area (Å²) in [5, 5.41) is 3.03. The highest BCUT2D eigenvalue weighted by Crippen LogP contribution is 2.12. The molecule has 0 heterocycles. The number of halogens is 1. The third kappa shape index (κ3) is 21.7. The molecule has 0 spiro atoms. The topological polar surface area (TPSA) is 29.1 Å². The third-order valence-electron chi connectivity index (χ3n) is 4.89. The summed E-state index contributed by atoms with van der Waals surface area (Å²) in [6.45, 7) is 3.11. The molecule has 0 fully saturated rings. The fourth-order valence-corrected chi connectivity index (χ4v) is 3.38. The Morgan fingerprint density at radius 2 is 1.08 bits per heavy atom. The van der Waals surface area contributed by atoms with Crippen molar-refractivity contribution in [3.63, 3.8) is 0 Å². The van der Waals surface area contributed by atoms with E-state index >= 15 is 0 Å². The van der Waals surface area contributed by atoms with E-state index in [1.54, 1.807) is 0 Å². The molecule has 1 N–H and O–H groups in total. The molecule has 0 atom stereocenters. The lowest BCUT2D eigenvalue weighted by atomic mass is 10.0. The van der Waals surface area contributed by atoms with Crippen molar-refractivity contribution in [1.29, 1.82) is 0 Å². The van der Waals surface area contributed by atoms with Crippen molar-refractivity contribution in [2.45, 2.75) is 122 Å². The monoisotopic (exact) mass is 373 g/mol. The number of nitrogens with one attached hydrogen (secondary N) is 1. The van der Waals surface area contributed by atoms with E-state index < -0.39 is 0 Å². The largest absolute Gasteiger partial charge is 0.356 e. The van der Waals surface area contributed by atoms with E-state index in [9.17, 15) is 4.79 Å². The molecule has 0 rings (SSSR count). The number of carbonyl (C=O) groups excluding carboxylic acids is 1. The zero-order valence-electron chi connectivity index (χ0n) is 16.9. The number of hydrogen-bond donors (Lipinski definition) is 1. The van der Waals surface area contributed by atoms with Crippen molar-refractivity contribution in [3.05, 3.63) is 0 Å². The highest BCUT2D eigenvalue weighted by molar-refractivity contribution is 6.17. The van der Waals surface area contributed by atoms with E-state index in [-0.39, 0.29) is 5.91 Å². The maximum absolute atomic E-state index is 11.7. The fourth-order valence-electron chi connectivity index (χ4n) is 3.19. The van der Waals surface area contributed by atoms with Gasteiger partial charge in [0, 0.05) is 18.8 Å². The molecule has 0 aromatic rings. The number of amides is 1. The first-order valence-corrected chi connectivity index (χ1v) is 11.7. The van der Waals surface area contributed by atoms with Crippen molar-refractivity contribution in [2.75, 3.05) is 12.4 Å². The molecule has 0 unspecified atom stereocenters. The molecule has 0 aliphatic heterocycles. The van der Waals surface area contributed by atoms with Gasteiger partial charge in [-0.15, -0.1) is 11.6 Å². The van der Waals surface area contributed by atoms with E-state index in [2.05, 4.69) is 12.2 Å². The third-order valence-corrected chi connectivity index (χ3v) is 5.16. The molecule has 0 saturated carbocycles. The van der Waals surface area contributed by atoms with E-state index in [4.69, 9.17) is 11.6 Å². The second kappa shape index (κ2) is 21.8. The molecule has 0 bridgehead atoms. The summed E-state index contributed by atoms with van der Waals surface area (Å²) in [6.07, 6.45) is 22.8. The van der Waals surface area contributed by atoms with Gasteiger partial charge in [0.1, 0.15) is 0 Å². The van der Waals surface area contributed by atoms with Crippen LogP contribution in [0.15, 0.2) is 0 Å². The van der Waals surface area contributed by atoms with Crippen LogP contribution in [0.3, 0.4) is 0 Å². The molecule has 1 amide bonds. The van der Waals surface area contributed by atoms with Crippen LogP contribution in [0.25, 0.3) is 0 Å². The van der Waals surface area contributed by atoms with Crippen LogP contribution in [-0.2, 0) is 4.79 Å². The van der Waals surface area contributed by atoms with Crippen LogP contribution in [0.1, 0.15) is 122 Å². The second-order valence-electron chi connectivity index (χ2n) is 7.45. The minimum atomic E-state index is 0.236. The lowest BCUT2D eigenvalue weighted by Crippen LogP contribution is -2.23. The van der Waals surface area contributed by atoms with Crippen molar-refractivity contribution in [1.82, 2.24) is 5.32 Å². The van der Waals surface area contributed by atoms with E-state index in [1.807, 2.05) is 0 Å². The summed E-state index contributed by atoms with van der Waals surface area (Å²) < 4.78 is 0. The number of carbonyl (C=O) groups is 1. The van der Waals surface area contributed by atoms with Crippen LogP contribution in [-0.4, -0.2) is 18.3 Å². The van der Waals surface area contributed by atoms with Crippen LogP contribution in [0.4, 0.5) is 0 Å². The Labute approximate surface area is 162 Å². The van der Waals surface area contributed by atoms with Gasteiger partial charge >= 0.3 is 0 Å². The standard InChI is InChI=1S/C22H44ClNO/c1-2-3-4-5-6-7-8-9-10-11-12-13-16-19-22(25)24-21-18-15-14-17-20-23/h2-21H2,1H3,(H,24,25). The number of hydrogen-bond acceptors (Lipinski definition) is 1. The molecule has 0 aliphatic rings. The molecule has 0 radical (unpaired) electrons. The van der Waals surface area contributed by atoms with Crippen LogP contribution in [0.5, 0.6) is 0 Å². The van der Waals surface area contributed by atoms with Gasteiger partial charge in [-0.05, 0) is 19.3 Å². The maximum Gasteiger partial charge on any atom is 0.219 e. The van der Waals surface area contributed by atoms with Crippen LogP contribution in [0, 0.1) is 0 Å². The van der Waals surface area contributed by atoms with Gasteiger partial charge in [0.05, 0.1) is 0 Å². The van der Waals surface area contributed by atoms with Gasteiger partial charge < -0.3 is 5.32 Å². The van der Waals surface area contributed by atoms with Gasteiger partial charge in [-0.25, -0.2) is 0 Å². The highest BCUT2D eigenvalue weighted by Gasteiger charge is 2.00. The van der Waals surface area contributed by atoms with Crippen molar-refractivity contribution in [3.8, 4) is 0 Å². The summed E-state index contributed by atoms with van der Waals surface area (Å²) >= 11 is 5.64. The molecule has 0 saturated heterocycles. The van der Waals surface area contributed by atoms with Gasteiger partial charge in [0.2, 0.25) is 5.91 Å². The quantitative estimate of drug-likeness (QED) is 0.175. The van der Waals surface area contributed by atoms with E-state index in [0.717, 1.165) is 31.7 Å². The van der Waals surface area contributed by atoms with Gasteiger partial charge in [0.25, 0.3) is 0 Å². The lowest BCUT2D eigenvalue weighted by Gasteiger charge is -2.05. The maximum atomic E-state index is 11.7. The van der Waals surface area contributed by atoms with Crippen LogP contribution >= 0.6 is 11.6 Å². The van der Waals surface area contributed by atoms with Crippen LogP contribution in [0.2, 0.25) is 0 Å². The predicted octanol–water partition coefficient (Wildman–Crippen LogP) is 7.38. The average Bonchev–Trinajstić information content (AvgIpc) is 2.62. The Bertz CT molecular complexity index is 271. The van der Waals surface area contributed by atoms with Crippen molar-refractivity contribution < 1.29 is 4.79 Å². The summed E-state index contributed by atoms with van der Waals surface area (Å²) in [6, 6.07) is 0. The van der Waals surface area contributed by atoms with Gasteiger partial charge in [-0.1, -0.05) is 96.8 Å². The molecule has 0 aliphatic carbocycles. The number of alkyl halides is 1. The predicted molar refractivity (Wildman–Crippen MR) is 113 cm³/mol. The first-order valence-electron chi connectivity index (χ1n) is 11.1. The van der Waals surface area contributed by atoms with Crippen molar-refractivity contribution >= 4 is 17.5 Å². The molecular formula is C22H44ClNO. The van der Waals surface area contributed by atoms with Gasteiger partial charge in [0.15, 0.2) is 0 Å². The summed E-state index contributed by atoms with van der Waals surface area (Å²) in [5.74, 6) is 0.992. The van der Waals surface area contributed by atoms with Gasteiger partial charge in [-0.3, -0.25) is 4.79 Å². The minimum absolute atomic E-state index is 0.236. The summed E-state index contributed by atoms with van der Waals surface area (Å²) in [4.78, 5) is 11.7. The zero-order chi connectivity index (χ0) is 18.4. The number of rotatable bonds is 20. The molecule has 25 heavy (non-hydrogen) atoms. The average molecular weight is 374 g/mol. The Morgan fingerprint density at radius 3 is 1.60 bits per heavy atom. The van der Waals surface area contributed by atoms with Gasteiger partial charge in [-0.2, -0.15) is 0 Å². The normalized spacial score (nSPS) is 11.0. The number of unbranched alkanes of at least 4 members (excludes halogenated alkanes) is 15. The smallest absolute Gasteiger partial charge is 0.219 e. The Morgan fingerprint density at radius 1 is 0.640 bits per heavy atom. The second-order valence-corrected chi connectivity index (χ2v) is 7.82. The summed E-state index contributed by atoms with van der Waals surface area (Å²) in [7, 11) is 0. The Kier molecular flexibility index (Phi) is 21.6. The SMILES string of the molecule is CCCCCCCCCCCCCCCC(=O)NCCCCCCCl. The summed E-state index contributed by atoms with van der Waals surface area (Å²) in [5.41, 5.74) is 0. The Hall–Kier alpha value is -0.240. The molecule has 3 heteroatoms. The van der Waals surface area contributed by atoms with E-state index in [0.29, 0.717) is 6.42 Å². The minimum Gasteiger partial charge on any atom is -0.356 e.